The number of benzene rings is 1. The van der Waals surface area contributed by atoms with Crippen LogP contribution in [0.15, 0.2) is 47.1 Å². The number of nitrogens with zero attached hydrogens (tertiary/aromatic N) is 2. The van der Waals surface area contributed by atoms with E-state index in [2.05, 4.69) is 17.9 Å². The van der Waals surface area contributed by atoms with Crippen molar-refractivity contribution in [2.24, 2.45) is 0 Å². The van der Waals surface area contributed by atoms with Crippen molar-refractivity contribution in [3.05, 3.63) is 54.0 Å². The molecule has 0 saturated carbocycles. The zero-order valence-corrected chi connectivity index (χ0v) is 12.3. The lowest BCUT2D eigenvalue weighted by atomic mass is 10.2. The quantitative estimate of drug-likeness (QED) is 0.697. The lowest BCUT2D eigenvalue weighted by Gasteiger charge is -2.19. The number of furan rings is 1. The summed E-state index contributed by atoms with van der Waals surface area (Å²) in [7, 11) is 0. The van der Waals surface area contributed by atoms with Crippen LogP contribution in [0.3, 0.4) is 0 Å². The molecular weight excluding hydrogens is 264 g/mol. The normalized spacial score (nSPS) is 10.5. The Morgan fingerprint density at radius 2 is 2.10 bits per heavy atom. The largest absolute Gasteiger partial charge is 0.492 e. The molecule has 0 fully saturated rings. The lowest BCUT2D eigenvalue weighted by Crippen LogP contribution is -2.25. The van der Waals surface area contributed by atoms with Crippen molar-refractivity contribution in [3.63, 3.8) is 0 Å². The SMILES string of the molecule is CCN(CCCOc1ccccc1C#N)Cc1ccco1. The number of nitriles is 1. The highest BCUT2D eigenvalue weighted by Gasteiger charge is 2.06. The second-order valence-corrected chi connectivity index (χ2v) is 4.76. The minimum Gasteiger partial charge on any atom is -0.492 e. The first-order valence-corrected chi connectivity index (χ1v) is 7.20. The molecule has 0 spiro atoms. The van der Waals surface area contributed by atoms with Crippen LogP contribution in [0.5, 0.6) is 5.75 Å². The highest BCUT2D eigenvalue weighted by molar-refractivity contribution is 5.42. The summed E-state index contributed by atoms with van der Waals surface area (Å²) >= 11 is 0. The van der Waals surface area contributed by atoms with Gasteiger partial charge in [-0.05, 0) is 37.2 Å². The molecule has 0 N–H and O–H groups in total. The maximum Gasteiger partial charge on any atom is 0.137 e. The van der Waals surface area contributed by atoms with Gasteiger partial charge in [0, 0.05) is 6.54 Å². The number of hydrogen-bond donors (Lipinski definition) is 0. The van der Waals surface area contributed by atoms with Crippen LogP contribution >= 0.6 is 0 Å². The van der Waals surface area contributed by atoms with E-state index < -0.39 is 0 Å². The van der Waals surface area contributed by atoms with Gasteiger partial charge in [-0.3, -0.25) is 4.90 Å². The zero-order valence-electron chi connectivity index (χ0n) is 12.3. The second kappa shape index (κ2) is 8.13. The van der Waals surface area contributed by atoms with Gasteiger partial charge in [-0.2, -0.15) is 5.26 Å². The van der Waals surface area contributed by atoms with Crippen molar-refractivity contribution in [2.75, 3.05) is 19.7 Å². The van der Waals surface area contributed by atoms with Crippen molar-refractivity contribution in [1.82, 2.24) is 4.90 Å². The second-order valence-electron chi connectivity index (χ2n) is 4.76. The summed E-state index contributed by atoms with van der Waals surface area (Å²) in [6.07, 6.45) is 2.61. The fourth-order valence-electron chi connectivity index (χ4n) is 2.13. The van der Waals surface area contributed by atoms with E-state index >= 15 is 0 Å². The average Bonchev–Trinajstić information content (AvgIpc) is 3.03. The molecule has 2 aromatic rings. The molecule has 0 aliphatic rings. The van der Waals surface area contributed by atoms with Crippen LogP contribution in [0.4, 0.5) is 0 Å². The Morgan fingerprint density at radius 3 is 2.81 bits per heavy atom. The smallest absolute Gasteiger partial charge is 0.137 e. The molecule has 0 aliphatic heterocycles. The Bertz CT molecular complexity index is 573. The number of ether oxygens (including phenoxy) is 1. The zero-order chi connectivity index (χ0) is 14.9. The van der Waals surface area contributed by atoms with Crippen LogP contribution in [0.25, 0.3) is 0 Å². The van der Waals surface area contributed by atoms with Gasteiger partial charge >= 0.3 is 0 Å². The van der Waals surface area contributed by atoms with E-state index in [0.717, 1.165) is 31.8 Å². The van der Waals surface area contributed by atoms with Crippen LogP contribution in [0, 0.1) is 11.3 Å². The third kappa shape index (κ3) is 4.66. The third-order valence-corrected chi connectivity index (χ3v) is 3.29. The Labute approximate surface area is 125 Å². The van der Waals surface area contributed by atoms with Gasteiger partial charge in [0.05, 0.1) is 25.0 Å². The van der Waals surface area contributed by atoms with Crippen LogP contribution in [0.1, 0.15) is 24.7 Å². The number of para-hydroxylation sites is 1. The highest BCUT2D eigenvalue weighted by Crippen LogP contribution is 2.16. The Hall–Kier alpha value is -2.25. The van der Waals surface area contributed by atoms with E-state index in [9.17, 15) is 0 Å². The summed E-state index contributed by atoms with van der Waals surface area (Å²) in [5.41, 5.74) is 0.584. The van der Waals surface area contributed by atoms with E-state index in [1.165, 1.54) is 0 Å². The molecule has 0 radical (unpaired) electrons. The molecular formula is C17H20N2O2. The Balaban J connectivity index is 1.74. The first kappa shape index (κ1) is 15.1. The third-order valence-electron chi connectivity index (χ3n) is 3.29. The summed E-state index contributed by atoms with van der Waals surface area (Å²) in [5, 5.41) is 9.00. The molecule has 1 aromatic carbocycles. The molecule has 0 aliphatic carbocycles. The van der Waals surface area contributed by atoms with E-state index in [1.807, 2.05) is 30.3 Å². The summed E-state index contributed by atoms with van der Waals surface area (Å²) in [4.78, 5) is 2.30. The van der Waals surface area contributed by atoms with Gasteiger partial charge in [-0.25, -0.2) is 0 Å². The van der Waals surface area contributed by atoms with E-state index in [1.54, 1.807) is 12.3 Å². The average molecular weight is 284 g/mol. The van der Waals surface area contributed by atoms with E-state index in [-0.39, 0.29) is 0 Å². The van der Waals surface area contributed by atoms with Gasteiger partial charge in [0.1, 0.15) is 17.6 Å². The van der Waals surface area contributed by atoms with E-state index in [4.69, 9.17) is 14.4 Å². The molecule has 0 amide bonds. The van der Waals surface area contributed by atoms with Gasteiger partial charge in [-0.15, -0.1) is 0 Å². The van der Waals surface area contributed by atoms with Gasteiger partial charge in [0.25, 0.3) is 0 Å². The van der Waals surface area contributed by atoms with Crippen LogP contribution in [-0.2, 0) is 6.54 Å². The van der Waals surface area contributed by atoms with Crippen molar-refractivity contribution in [2.45, 2.75) is 19.9 Å². The van der Waals surface area contributed by atoms with Gasteiger partial charge in [-0.1, -0.05) is 19.1 Å². The molecule has 2 rings (SSSR count). The fraction of sp³-hybridized carbons (Fsp3) is 0.353. The van der Waals surface area contributed by atoms with Crippen molar-refractivity contribution in [1.29, 1.82) is 5.26 Å². The lowest BCUT2D eigenvalue weighted by molar-refractivity contribution is 0.223. The summed E-state index contributed by atoms with van der Waals surface area (Å²) in [6.45, 7) is 5.46. The van der Waals surface area contributed by atoms with Gasteiger partial charge < -0.3 is 9.15 Å². The highest BCUT2D eigenvalue weighted by atomic mass is 16.5. The Kier molecular flexibility index (Phi) is 5.86. The van der Waals surface area contributed by atoms with E-state index in [0.29, 0.717) is 17.9 Å². The van der Waals surface area contributed by atoms with Crippen LogP contribution < -0.4 is 4.74 Å². The van der Waals surface area contributed by atoms with Gasteiger partial charge in [0.2, 0.25) is 0 Å². The molecule has 0 bridgehead atoms. The van der Waals surface area contributed by atoms with Gasteiger partial charge in [0.15, 0.2) is 0 Å². The van der Waals surface area contributed by atoms with Crippen LogP contribution in [0.2, 0.25) is 0 Å². The predicted octanol–water partition coefficient (Wildman–Crippen LogP) is 3.44. The van der Waals surface area contributed by atoms with Crippen molar-refractivity contribution >= 4 is 0 Å². The molecule has 4 heteroatoms. The number of hydrogen-bond acceptors (Lipinski definition) is 4. The van der Waals surface area contributed by atoms with Crippen molar-refractivity contribution in [3.8, 4) is 11.8 Å². The molecule has 0 unspecified atom stereocenters. The van der Waals surface area contributed by atoms with Crippen molar-refractivity contribution < 1.29 is 9.15 Å². The molecule has 0 saturated heterocycles. The molecule has 110 valence electrons. The molecule has 21 heavy (non-hydrogen) atoms. The maximum atomic E-state index is 9.00. The van der Waals surface area contributed by atoms with Crippen LogP contribution in [-0.4, -0.2) is 24.6 Å². The Morgan fingerprint density at radius 1 is 1.24 bits per heavy atom. The maximum absolute atomic E-state index is 9.00. The fourth-order valence-corrected chi connectivity index (χ4v) is 2.13. The minimum atomic E-state index is 0.584. The first-order valence-electron chi connectivity index (χ1n) is 7.20. The minimum absolute atomic E-state index is 0.584. The standard InChI is InChI=1S/C17H20N2O2/c1-2-19(14-16-8-5-11-20-16)10-6-12-21-17-9-4-3-7-15(17)13-18/h3-5,7-9,11H,2,6,10,12,14H2,1H3. The predicted molar refractivity (Wildman–Crippen MR) is 80.9 cm³/mol. The summed E-state index contributed by atoms with van der Waals surface area (Å²) in [5.74, 6) is 1.64. The molecule has 4 nitrogen and oxygen atoms in total. The monoisotopic (exact) mass is 284 g/mol. The molecule has 1 heterocycles. The summed E-state index contributed by atoms with van der Waals surface area (Å²) < 4.78 is 11.0. The molecule has 0 atom stereocenters. The molecule has 1 aromatic heterocycles. The number of rotatable bonds is 8. The summed E-state index contributed by atoms with van der Waals surface area (Å²) in [6, 6.07) is 13.4. The topological polar surface area (TPSA) is 49.4 Å². The first-order chi connectivity index (χ1) is 10.3.